The second-order valence-corrected chi connectivity index (χ2v) is 4.11. The molecule has 12 heavy (non-hydrogen) atoms. The van der Waals surface area contributed by atoms with Gasteiger partial charge in [-0.2, -0.15) is 0 Å². The first-order valence-corrected chi connectivity index (χ1v) is 4.68. The summed E-state index contributed by atoms with van der Waals surface area (Å²) in [5.74, 6) is 0.127. The van der Waals surface area contributed by atoms with E-state index in [4.69, 9.17) is 10.8 Å². The van der Waals surface area contributed by atoms with Gasteiger partial charge in [-0.3, -0.25) is 4.79 Å². The smallest absolute Gasteiger partial charge is 0.306 e. The van der Waals surface area contributed by atoms with Gasteiger partial charge in [0, 0.05) is 6.04 Å². The minimum atomic E-state index is -0.658. The normalized spacial score (nSPS) is 37.1. The van der Waals surface area contributed by atoms with Crippen LogP contribution in [0.15, 0.2) is 0 Å². The van der Waals surface area contributed by atoms with Crippen molar-refractivity contribution in [2.45, 2.75) is 31.7 Å². The number of aliphatic carboxylic acids is 1. The number of rotatable bonds is 3. The molecule has 3 heteroatoms. The molecule has 0 aromatic rings. The topological polar surface area (TPSA) is 63.3 Å². The van der Waals surface area contributed by atoms with E-state index in [-0.39, 0.29) is 17.9 Å². The molecule has 2 fully saturated rings. The van der Waals surface area contributed by atoms with Crippen molar-refractivity contribution in [1.82, 2.24) is 0 Å². The zero-order valence-electron chi connectivity index (χ0n) is 7.07. The molecule has 68 valence electrons. The SMILES string of the molecule is NC(C1CCC1)C1CC1C(=O)O. The highest BCUT2D eigenvalue weighted by Gasteiger charge is 2.49. The molecule has 2 aliphatic carbocycles. The monoisotopic (exact) mass is 169 g/mol. The molecule has 0 spiro atoms. The van der Waals surface area contributed by atoms with Gasteiger partial charge in [-0.1, -0.05) is 6.42 Å². The lowest BCUT2D eigenvalue weighted by Gasteiger charge is -2.31. The van der Waals surface area contributed by atoms with E-state index in [1.165, 1.54) is 19.3 Å². The van der Waals surface area contributed by atoms with Crippen molar-refractivity contribution in [3.8, 4) is 0 Å². The Morgan fingerprint density at radius 1 is 1.50 bits per heavy atom. The van der Waals surface area contributed by atoms with Gasteiger partial charge < -0.3 is 10.8 Å². The Bertz CT molecular complexity index is 201. The summed E-state index contributed by atoms with van der Waals surface area (Å²) in [5, 5.41) is 8.69. The number of hydrogen-bond donors (Lipinski definition) is 2. The zero-order valence-corrected chi connectivity index (χ0v) is 7.07. The third kappa shape index (κ3) is 1.22. The predicted octanol–water partition coefficient (Wildman–Crippen LogP) is 0.834. The Morgan fingerprint density at radius 3 is 2.50 bits per heavy atom. The van der Waals surface area contributed by atoms with Crippen LogP contribution in [-0.4, -0.2) is 17.1 Å². The van der Waals surface area contributed by atoms with Gasteiger partial charge in [0.1, 0.15) is 0 Å². The number of carboxylic acid groups (broad SMARTS) is 1. The summed E-state index contributed by atoms with van der Waals surface area (Å²) < 4.78 is 0. The van der Waals surface area contributed by atoms with Crippen LogP contribution in [0.5, 0.6) is 0 Å². The van der Waals surface area contributed by atoms with Crippen molar-refractivity contribution >= 4 is 5.97 Å². The molecule has 3 atom stereocenters. The summed E-state index contributed by atoms with van der Waals surface area (Å²) in [7, 11) is 0. The number of carboxylic acids is 1. The Hall–Kier alpha value is -0.570. The van der Waals surface area contributed by atoms with E-state index >= 15 is 0 Å². The van der Waals surface area contributed by atoms with E-state index in [2.05, 4.69) is 0 Å². The number of nitrogens with two attached hydrogens (primary N) is 1. The second kappa shape index (κ2) is 2.73. The molecule has 0 amide bonds. The van der Waals surface area contributed by atoms with Crippen LogP contribution in [-0.2, 0) is 4.79 Å². The van der Waals surface area contributed by atoms with Gasteiger partial charge in [0.25, 0.3) is 0 Å². The van der Waals surface area contributed by atoms with E-state index in [0.717, 1.165) is 6.42 Å². The fraction of sp³-hybridized carbons (Fsp3) is 0.889. The summed E-state index contributed by atoms with van der Waals surface area (Å²) in [4.78, 5) is 10.5. The fourth-order valence-electron chi connectivity index (χ4n) is 2.10. The Kier molecular flexibility index (Phi) is 1.83. The fourth-order valence-corrected chi connectivity index (χ4v) is 2.10. The molecule has 0 heterocycles. The molecule has 0 aliphatic heterocycles. The van der Waals surface area contributed by atoms with Crippen LogP contribution in [0.25, 0.3) is 0 Å². The number of hydrogen-bond acceptors (Lipinski definition) is 2. The summed E-state index contributed by atoms with van der Waals surface area (Å²) in [6.07, 6.45) is 4.52. The van der Waals surface area contributed by atoms with Crippen LogP contribution >= 0.6 is 0 Å². The molecule has 0 saturated heterocycles. The van der Waals surface area contributed by atoms with E-state index in [0.29, 0.717) is 5.92 Å². The van der Waals surface area contributed by atoms with E-state index in [1.807, 2.05) is 0 Å². The standard InChI is InChI=1S/C9H15NO2/c10-8(5-2-1-3-5)6-4-7(6)9(11)12/h5-8H,1-4,10H2,(H,11,12). The first-order valence-electron chi connectivity index (χ1n) is 4.68. The summed E-state index contributed by atoms with van der Waals surface area (Å²) in [6.45, 7) is 0. The van der Waals surface area contributed by atoms with Crippen LogP contribution in [0.2, 0.25) is 0 Å². The largest absolute Gasteiger partial charge is 0.481 e. The Balaban J connectivity index is 1.83. The van der Waals surface area contributed by atoms with Crippen LogP contribution in [0.3, 0.4) is 0 Å². The first-order chi connectivity index (χ1) is 5.70. The molecule has 2 aliphatic rings. The van der Waals surface area contributed by atoms with Crippen molar-refractivity contribution in [1.29, 1.82) is 0 Å². The van der Waals surface area contributed by atoms with Gasteiger partial charge in [-0.05, 0) is 31.1 Å². The molecule has 2 saturated carbocycles. The van der Waals surface area contributed by atoms with Crippen molar-refractivity contribution in [3.05, 3.63) is 0 Å². The molecule has 0 aromatic heterocycles. The van der Waals surface area contributed by atoms with E-state index in [1.54, 1.807) is 0 Å². The van der Waals surface area contributed by atoms with Crippen molar-refractivity contribution in [3.63, 3.8) is 0 Å². The molecule has 0 bridgehead atoms. The first kappa shape index (κ1) is 8.05. The average molecular weight is 169 g/mol. The highest BCUT2D eigenvalue weighted by atomic mass is 16.4. The lowest BCUT2D eigenvalue weighted by molar-refractivity contribution is -0.139. The van der Waals surface area contributed by atoms with Crippen molar-refractivity contribution < 1.29 is 9.90 Å². The average Bonchev–Trinajstić information content (AvgIpc) is 2.59. The lowest BCUT2D eigenvalue weighted by atomic mass is 9.78. The summed E-state index contributed by atoms with van der Waals surface area (Å²) in [5.41, 5.74) is 5.95. The molecule has 3 N–H and O–H groups in total. The molecule has 3 unspecified atom stereocenters. The molecular weight excluding hydrogens is 154 g/mol. The van der Waals surface area contributed by atoms with E-state index < -0.39 is 5.97 Å². The minimum Gasteiger partial charge on any atom is -0.481 e. The van der Waals surface area contributed by atoms with Crippen LogP contribution in [0.1, 0.15) is 25.7 Å². The van der Waals surface area contributed by atoms with Crippen LogP contribution in [0.4, 0.5) is 0 Å². The molecule has 2 rings (SSSR count). The quantitative estimate of drug-likeness (QED) is 0.658. The molecule has 3 nitrogen and oxygen atoms in total. The Labute approximate surface area is 71.9 Å². The maximum Gasteiger partial charge on any atom is 0.306 e. The van der Waals surface area contributed by atoms with Crippen molar-refractivity contribution in [2.75, 3.05) is 0 Å². The molecule has 0 radical (unpaired) electrons. The Morgan fingerprint density at radius 2 is 2.17 bits per heavy atom. The van der Waals surface area contributed by atoms with Gasteiger partial charge in [-0.15, -0.1) is 0 Å². The van der Waals surface area contributed by atoms with E-state index in [9.17, 15) is 4.79 Å². The summed E-state index contributed by atoms with van der Waals surface area (Å²) in [6, 6.07) is 0.167. The highest BCUT2D eigenvalue weighted by molar-refractivity contribution is 5.73. The lowest BCUT2D eigenvalue weighted by Crippen LogP contribution is -2.37. The van der Waals surface area contributed by atoms with Crippen LogP contribution < -0.4 is 5.73 Å². The highest BCUT2D eigenvalue weighted by Crippen LogP contribution is 2.46. The van der Waals surface area contributed by atoms with Crippen LogP contribution in [0, 0.1) is 17.8 Å². The number of carbonyl (C=O) groups is 1. The molecular formula is C9H15NO2. The van der Waals surface area contributed by atoms with Gasteiger partial charge in [0.05, 0.1) is 5.92 Å². The van der Waals surface area contributed by atoms with Crippen molar-refractivity contribution in [2.24, 2.45) is 23.5 Å². The van der Waals surface area contributed by atoms with Gasteiger partial charge in [0.15, 0.2) is 0 Å². The third-order valence-electron chi connectivity index (χ3n) is 3.35. The van der Waals surface area contributed by atoms with Gasteiger partial charge in [0.2, 0.25) is 0 Å². The zero-order chi connectivity index (χ0) is 8.72. The maximum absolute atomic E-state index is 10.5. The van der Waals surface area contributed by atoms with Gasteiger partial charge in [-0.25, -0.2) is 0 Å². The summed E-state index contributed by atoms with van der Waals surface area (Å²) >= 11 is 0. The maximum atomic E-state index is 10.5. The van der Waals surface area contributed by atoms with Gasteiger partial charge >= 0.3 is 5.97 Å². The second-order valence-electron chi connectivity index (χ2n) is 4.11. The molecule has 0 aromatic carbocycles. The third-order valence-corrected chi connectivity index (χ3v) is 3.35. The minimum absolute atomic E-state index is 0.124. The predicted molar refractivity (Wildman–Crippen MR) is 44.5 cm³/mol.